The van der Waals surface area contributed by atoms with Crippen LogP contribution in [-0.2, 0) is 0 Å². The Morgan fingerprint density at radius 2 is 1.73 bits per heavy atom. The van der Waals surface area contributed by atoms with E-state index < -0.39 is 6.29 Å². The van der Waals surface area contributed by atoms with Gasteiger partial charge in [-0.25, -0.2) is 0 Å². The van der Waals surface area contributed by atoms with Crippen molar-refractivity contribution in [1.82, 2.24) is 0 Å². The van der Waals surface area contributed by atoms with E-state index in [1.807, 2.05) is 13.8 Å². The van der Waals surface area contributed by atoms with Crippen molar-refractivity contribution in [3.8, 4) is 0 Å². The van der Waals surface area contributed by atoms with Gasteiger partial charge < -0.3 is 10.2 Å². The summed E-state index contributed by atoms with van der Waals surface area (Å²) in [6.07, 6.45) is 0.485. The molecule has 0 fully saturated rings. The van der Waals surface area contributed by atoms with E-state index in [0.717, 1.165) is 12.8 Å². The van der Waals surface area contributed by atoms with E-state index in [-0.39, 0.29) is 5.41 Å². The number of aliphatic hydroxyl groups excluding tert-OH is 1. The highest BCUT2D eigenvalue weighted by Crippen LogP contribution is 2.32. The molecule has 2 heteroatoms. The molecule has 11 heavy (non-hydrogen) atoms. The van der Waals surface area contributed by atoms with Gasteiger partial charge in [0.15, 0.2) is 6.29 Å². The van der Waals surface area contributed by atoms with Crippen molar-refractivity contribution in [2.45, 2.75) is 46.8 Å². The van der Waals surface area contributed by atoms with Crippen LogP contribution in [0.1, 0.15) is 40.5 Å². The molecule has 0 radical (unpaired) electrons. The molecular formula is C9H20O2. The second-order valence-corrected chi connectivity index (χ2v) is 3.98. The smallest absolute Gasteiger partial charge is 0.156 e. The standard InChI is InChI=1S/C9H20O2/c1-5-9(4,8(10)11)6-7(2)3/h7-8,10-11H,5-6H2,1-4H3. The lowest BCUT2D eigenvalue weighted by Crippen LogP contribution is -2.32. The van der Waals surface area contributed by atoms with Gasteiger partial charge in [0.25, 0.3) is 0 Å². The first-order valence-corrected chi connectivity index (χ1v) is 4.28. The highest BCUT2D eigenvalue weighted by molar-refractivity contribution is 4.75. The summed E-state index contributed by atoms with van der Waals surface area (Å²) in [4.78, 5) is 0. The second kappa shape index (κ2) is 4.07. The summed E-state index contributed by atoms with van der Waals surface area (Å²) in [6, 6.07) is 0. The van der Waals surface area contributed by atoms with E-state index in [0.29, 0.717) is 5.92 Å². The van der Waals surface area contributed by atoms with Crippen LogP contribution >= 0.6 is 0 Å². The first-order valence-electron chi connectivity index (χ1n) is 4.28. The summed E-state index contributed by atoms with van der Waals surface area (Å²) in [5.74, 6) is 0.516. The average Bonchev–Trinajstić information content (AvgIpc) is 1.86. The van der Waals surface area contributed by atoms with Crippen LogP contribution < -0.4 is 0 Å². The molecule has 2 N–H and O–H groups in total. The molecule has 0 aliphatic rings. The second-order valence-electron chi connectivity index (χ2n) is 3.98. The lowest BCUT2D eigenvalue weighted by Gasteiger charge is -2.31. The van der Waals surface area contributed by atoms with Gasteiger partial charge in [0.1, 0.15) is 0 Å². The third-order valence-corrected chi connectivity index (χ3v) is 2.31. The molecule has 0 aliphatic heterocycles. The molecule has 0 saturated carbocycles. The minimum atomic E-state index is -1.19. The van der Waals surface area contributed by atoms with Gasteiger partial charge in [0.2, 0.25) is 0 Å². The monoisotopic (exact) mass is 160 g/mol. The number of rotatable bonds is 4. The first-order chi connectivity index (χ1) is 4.92. The lowest BCUT2D eigenvalue weighted by molar-refractivity contribution is -0.136. The zero-order valence-electron chi connectivity index (χ0n) is 7.96. The van der Waals surface area contributed by atoms with Crippen LogP contribution in [0.3, 0.4) is 0 Å². The van der Waals surface area contributed by atoms with Crippen LogP contribution in [-0.4, -0.2) is 16.5 Å². The largest absolute Gasteiger partial charge is 0.368 e. The molecule has 0 heterocycles. The molecule has 0 aliphatic carbocycles. The molecule has 0 aromatic heterocycles. The Hall–Kier alpha value is -0.0800. The molecule has 0 aromatic rings. The van der Waals surface area contributed by atoms with Gasteiger partial charge in [-0.15, -0.1) is 0 Å². The van der Waals surface area contributed by atoms with Crippen molar-refractivity contribution < 1.29 is 10.2 Å². The van der Waals surface area contributed by atoms with Gasteiger partial charge in [-0.3, -0.25) is 0 Å². The fourth-order valence-electron chi connectivity index (χ4n) is 1.36. The number of hydrogen-bond donors (Lipinski definition) is 2. The Kier molecular flexibility index (Phi) is 4.04. The predicted octanol–water partition coefficient (Wildman–Crippen LogP) is 1.76. The predicted molar refractivity (Wildman–Crippen MR) is 46.1 cm³/mol. The van der Waals surface area contributed by atoms with Crippen molar-refractivity contribution in [3.63, 3.8) is 0 Å². The van der Waals surface area contributed by atoms with Crippen molar-refractivity contribution in [1.29, 1.82) is 0 Å². The van der Waals surface area contributed by atoms with Gasteiger partial charge in [0, 0.05) is 5.41 Å². The zero-order chi connectivity index (χ0) is 9.07. The quantitative estimate of drug-likeness (QED) is 0.615. The highest BCUT2D eigenvalue weighted by Gasteiger charge is 2.30. The maximum atomic E-state index is 9.08. The van der Waals surface area contributed by atoms with Crippen LogP contribution in [0.2, 0.25) is 0 Å². The molecule has 0 saturated heterocycles. The molecule has 2 nitrogen and oxygen atoms in total. The Morgan fingerprint density at radius 1 is 1.27 bits per heavy atom. The average molecular weight is 160 g/mol. The molecule has 68 valence electrons. The van der Waals surface area contributed by atoms with Crippen LogP contribution in [0, 0.1) is 11.3 Å². The summed E-state index contributed by atoms with van der Waals surface area (Å²) in [7, 11) is 0. The summed E-state index contributed by atoms with van der Waals surface area (Å²) in [5.41, 5.74) is -0.325. The van der Waals surface area contributed by atoms with Crippen molar-refractivity contribution in [2.75, 3.05) is 0 Å². The van der Waals surface area contributed by atoms with Crippen LogP contribution in [0.15, 0.2) is 0 Å². The first kappa shape index (κ1) is 10.9. The van der Waals surface area contributed by atoms with Gasteiger partial charge in [0.05, 0.1) is 0 Å². The van der Waals surface area contributed by atoms with Gasteiger partial charge >= 0.3 is 0 Å². The van der Waals surface area contributed by atoms with Crippen molar-refractivity contribution in [3.05, 3.63) is 0 Å². The van der Waals surface area contributed by atoms with Gasteiger partial charge in [-0.2, -0.15) is 0 Å². The topological polar surface area (TPSA) is 40.5 Å². The van der Waals surface area contributed by atoms with Gasteiger partial charge in [-0.05, 0) is 18.8 Å². The molecule has 0 spiro atoms. The fourth-order valence-corrected chi connectivity index (χ4v) is 1.36. The van der Waals surface area contributed by atoms with E-state index in [1.54, 1.807) is 0 Å². The fraction of sp³-hybridized carbons (Fsp3) is 1.00. The van der Waals surface area contributed by atoms with E-state index in [1.165, 1.54) is 0 Å². The maximum Gasteiger partial charge on any atom is 0.156 e. The SMILES string of the molecule is CCC(C)(CC(C)C)C(O)O. The molecule has 1 unspecified atom stereocenters. The third kappa shape index (κ3) is 3.21. The summed E-state index contributed by atoms with van der Waals surface area (Å²) < 4.78 is 0. The number of hydrogen-bond acceptors (Lipinski definition) is 2. The summed E-state index contributed by atoms with van der Waals surface area (Å²) >= 11 is 0. The van der Waals surface area contributed by atoms with Crippen LogP contribution in [0.25, 0.3) is 0 Å². The van der Waals surface area contributed by atoms with Crippen molar-refractivity contribution in [2.24, 2.45) is 11.3 Å². The Balaban J connectivity index is 4.10. The van der Waals surface area contributed by atoms with E-state index in [4.69, 9.17) is 10.2 Å². The van der Waals surface area contributed by atoms with E-state index in [9.17, 15) is 0 Å². The summed E-state index contributed by atoms with van der Waals surface area (Å²) in [5, 5.41) is 18.2. The minimum Gasteiger partial charge on any atom is -0.368 e. The number of aliphatic hydroxyl groups is 2. The molecule has 0 aromatic carbocycles. The maximum absolute atomic E-state index is 9.08. The zero-order valence-corrected chi connectivity index (χ0v) is 7.96. The normalized spacial score (nSPS) is 17.5. The lowest BCUT2D eigenvalue weighted by atomic mass is 9.79. The van der Waals surface area contributed by atoms with Crippen LogP contribution in [0.4, 0.5) is 0 Å². The van der Waals surface area contributed by atoms with E-state index in [2.05, 4.69) is 13.8 Å². The van der Waals surface area contributed by atoms with Gasteiger partial charge in [-0.1, -0.05) is 27.7 Å². The molecular weight excluding hydrogens is 140 g/mol. The van der Waals surface area contributed by atoms with Crippen LogP contribution in [0.5, 0.6) is 0 Å². The van der Waals surface area contributed by atoms with E-state index >= 15 is 0 Å². The summed E-state index contributed by atoms with van der Waals surface area (Å²) in [6.45, 7) is 8.09. The van der Waals surface area contributed by atoms with Crippen molar-refractivity contribution >= 4 is 0 Å². The Labute approximate surface area is 69.2 Å². The Bertz CT molecular complexity index is 110. The molecule has 0 amide bonds. The molecule has 1 atom stereocenters. The Morgan fingerprint density at radius 3 is 1.82 bits per heavy atom. The highest BCUT2D eigenvalue weighted by atomic mass is 16.5. The molecule has 0 rings (SSSR count). The minimum absolute atomic E-state index is 0.325. The third-order valence-electron chi connectivity index (χ3n) is 2.31. The molecule has 0 bridgehead atoms.